The molecular formula is C9H13ClFN3O. The van der Waals surface area contributed by atoms with Crippen molar-refractivity contribution in [1.82, 2.24) is 15.3 Å². The first-order valence-electron chi connectivity index (χ1n) is 4.63. The summed E-state index contributed by atoms with van der Waals surface area (Å²) in [4.78, 5) is 7.76. The Hall–Kier alpha value is -0.780. The van der Waals surface area contributed by atoms with Crippen molar-refractivity contribution in [3.63, 3.8) is 0 Å². The molecule has 2 heterocycles. The van der Waals surface area contributed by atoms with Gasteiger partial charge in [-0.2, -0.15) is 0 Å². The topological polar surface area (TPSA) is 47.0 Å². The molecule has 0 spiro atoms. The Morgan fingerprint density at radius 2 is 2.20 bits per heavy atom. The van der Waals surface area contributed by atoms with Crippen LogP contribution < -0.4 is 5.32 Å². The van der Waals surface area contributed by atoms with Crippen molar-refractivity contribution in [2.75, 3.05) is 19.7 Å². The second kappa shape index (κ2) is 5.95. The highest BCUT2D eigenvalue weighted by atomic mass is 35.5. The van der Waals surface area contributed by atoms with E-state index in [-0.39, 0.29) is 18.5 Å². The Morgan fingerprint density at radius 3 is 2.80 bits per heavy atom. The van der Waals surface area contributed by atoms with Gasteiger partial charge in [0.15, 0.2) is 5.82 Å². The minimum atomic E-state index is -0.406. The van der Waals surface area contributed by atoms with E-state index in [1.54, 1.807) is 0 Å². The molecule has 1 aromatic rings. The van der Waals surface area contributed by atoms with Crippen LogP contribution in [0.2, 0.25) is 0 Å². The lowest BCUT2D eigenvalue weighted by atomic mass is 10.2. The molecule has 1 atom stereocenters. The Kier molecular flexibility index (Phi) is 4.87. The van der Waals surface area contributed by atoms with Gasteiger partial charge in [-0.05, 0) is 0 Å². The fraction of sp³-hybridized carbons (Fsp3) is 0.556. The molecule has 1 saturated heterocycles. The molecule has 84 valence electrons. The molecule has 0 radical (unpaired) electrons. The molecule has 0 aromatic carbocycles. The molecule has 4 nitrogen and oxygen atoms in total. The van der Waals surface area contributed by atoms with Gasteiger partial charge < -0.3 is 10.1 Å². The SMILES string of the molecule is Cl.Fc1cnc(CC2CNCCO2)nc1. The summed E-state index contributed by atoms with van der Waals surface area (Å²) in [5, 5.41) is 3.21. The highest BCUT2D eigenvalue weighted by molar-refractivity contribution is 5.85. The molecule has 1 aromatic heterocycles. The third kappa shape index (κ3) is 3.70. The van der Waals surface area contributed by atoms with Gasteiger partial charge >= 0.3 is 0 Å². The first-order chi connectivity index (χ1) is 6.84. The number of morpholine rings is 1. The molecule has 0 bridgehead atoms. The van der Waals surface area contributed by atoms with Crippen LogP contribution in [0.15, 0.2) is 12.4 Å². The van der Waals surface area contributed by atoms with Gasteiger partial charge in [0.25, 0.3) is 0 Å². The van der Waals surface area contributed by atoms with E-state index >= 15 is 0 Å². The lowest BCUT2D eigenvalue weighted by Crippen LogP contribution is -2.39. The summed E-state index contributed by atoms with van der Waals surface area (Å²) in [6.45, 7) is 2.41. The van der Waals surface area contributed by atoms with E-state index in [1.165, 1.54) is 12.4 Å². The van der Waals surface area contributed by atoms with Gasteiger partial charge in [-0.25, -0.2) is 14.4 Å². The van der Waals surface area contributed by atoms with Crippen LogP contribution in [0.1, 0.15) is 5.82 Å². The first-order valence-corrected chi connectivity index (χ1v) is 4.63. The third-order valence-corrected chi connectivity index (χ3v) is 2.09. The largest absolute Gasteiger partial charge is 0.375 e. The van der Waals surface area contributed by atoms with Crippen LogP contribution in [-0.2, 0) is 11.2 Å². The van der Waals surface area contributed by atoms with E-state index in [0.717, 1.165) is 13.1 Å². The summed E-state index contributed by atoms with van der Waals surface area (Å²) in [6, 6.07) is 0. The summed E-state index contributed by atoms with van der Waals surface area (Å²) in [6.07, 6.45) is 3.10. The zero-order chi connectivity index (χ0) is 9.80. The van der Waals surface area contributed by atoms with Crippen molar-refractivity contribution < 1.29 is 9.13 Å². The van der Waals surface area contributed by atoms with Gasteiger partial charge in [0.2, 0.25) is 0 Å². The summed E-state index contributed by atoms with van der Waals surface area (Å²) in [5.74, 6) is 0.219. The van der Waals surface area contributed by atoms with Crippen LogP contribution in [0, 0.1) is 5.82 Å². The van der Waals surface area contributed by atoms with Crippen molar-refractivity contribution in [3.8, 4) is 0 Å². The lowest BCUT2D eigenvalue weighted by molar-refractivity contribution is 0.0280. The molecule has 15 heavy (non-hydrogen) atoms. The fourth-order valence-corrected chi connectivity index (χ4v) is 1.40. The van der Waals surface area contributed by atoms with Crippen molar-refractivity contribution in [2.24, 2.45) is 0 Å². The maximum Gasteiger partial charge on any atom is 0.159 e. The Labute approximate surface area is 93.7 Å². The van der Waals surface area contributed by atoms with Gasteiger partial charge in [-0.3, -0.25) is 0 Å². The maximum absolute atomic E-state index is 12.5. The third-order valence-electron chi connectivity index (χ3n) is 2.09. The molecule has 1 unspecified atom stereocenters. The molecule has 0 amide bonds. The van der Waals surface area contributed by atoms with Crippen LogP contribution in [0.4, 0.5) is 4.39 Å². The average Bonchev–Trinajstić information content (AvgIpc) is 2.23. The fourth-order valence-electron chi connectivity index (χ4n) is 1.40. The van der Waals surface area contributed by atoms with Crippen molar-refractivity contribution in [3.05, 3.63) is 24.0 Å². The van der Waals surface area contributed by atoms with E-state index < -0.39 is 5.82 Å². The summed E-state index contributed by atoms with van der Waals surface area (Å²) in [5.41, 5.74) is 0. The molecule has 1 aliphatic heterocycles. The van der Waals surface area contributed by atoms with Crippen LogP contribution in [0.25, 0.3) is 0 Å². The molecule has 0 saturated carbocycles. The predicted octanol–water partition coefficient (Wildman–Crippen LogP) is 0.568. The first kappa shape index (κ1) is 12.3. The monoisotopic (exact) mass is 233 g/mol. The second-order valence-electron chi connectivity index (χ2n) is 3.22. The molecule has 0 aliphatic carbocycles. The molecular weight excluding hydrogens is 221 g/mol. The van der Waals surface area contributed by atoms with Crippen LogP contribution in [-0.4, -0.2) is 35.8 Å². The number of aromatic nitrogens is 2. The number of nitrogens with one attached hydrogen (secondary N) is 1. The number of halogens is 2. The normalized spacial score (nSPS) is 20.7. The van der Waals surface area contributed by atoms with E-state index in [2.05, 4.69) is 15.3 Å². The van der Waals surface area contributed by atoms with Crippen molar-refractivity contribution in [2.45, 2.75) is 12.5 Å². The standard InChI is InChI=1S/C9H12FN3O.ClH/c10-7-4-12-9(13-5-7)3-8-6-11-1-2-14-8;/h4-5,8,11H,1-3,6H2;1H. The Morgan fingerprint density at radius 1 is 1.47 bits per heavy atom. The van der Waals surface area contributed by atoms with Gasteiger partial charge in [-0.1, -0.05) is 0 Å². The summed E-state index contributed by atoms with van der Waals surface area (Å²) >= 11 is 0. The Bertz CT molecular complexity index is 290. The zero-order valence-corrected chi connectivity index (χ0v) is 8.97. The van der Waals surface area contributed by atoms with Gasteiger partial charge in [0.05, 0.1) is 25.1 Å². The minimum Gasteiger partial charge on any atom is -0.375 e. The van der Waals surface area contributed by atoms with E-state index in [1.807, 2.05) is 0 Å². The predicted molar refractivity (Wildman–Crippen MR) is 55.6 cm³/mol. The molecule has 1 fully saturated rings. The van der Waals surface area contributed by atoms with E-state index in [0.29, 0.717) is 18.9 Å². The quantitative estimate of drug-likeness (QED) is 0.811. The molecule has 1 N–H and O–H groups in total. The number of rotatable bonds is 2. The van der Waals surface area contributed by atoms with Gasteiger partial charge in [0, 0.05) is 19.5 Å². The smallest absolute Gasteiger partial charge is 0.159 e. The number of hydrogen-bond donors (Lipinski definition) is 1. The highest BCUT2D eigenvalue weighted by Gasteiger charge is 2.14. The number of hydrogen-bond acceptors (Lipinski definition) is 4. The van der Waals surface area contributed by atoms with Crippen molar-refractivity contribution >= 4 is 12.4 Å². The lowest BCUT2D eigenvalue weighted by Gasteiger charge is -2.22. The van der Waals surface area contributed by atoms with Crippen LogP contribution in [0.5, 0.6) is 0 Å². The zero-order valence-electron chi connectivity index (χ0n) is 8.15. The van der Waals surface area contributed by atoms with Crippen molar-refractivity contribution in [1.29, 1.82) is 0 Å². The van der Waals surface area contributed by atoms with Gasteiger partial charge in [-0.15, -0.1) is 12.4 Å². The van der Waals surface area contributed by atoms with Crippen LogP contribution in [0.3, 0.4) is 0 Å². The number of nitrogens with zero attached hydrogens (tertiary/aromatic N) is 2. The summed E-state index contributed by atoms with van der Waals surface area (Å²) in [7, 11) is 0. The molecule has 6 heteroatoms. The van der Waals surface area contributed by atoms with Gasteiger partial charge in [0.1, 0.15) is 5.82 Å². The summed E-state index contributed by atoms with van der Waals surface area (Å²) < 4.78 is 18.0. The minimum absolute atomic E-state index is 0. The average molecular weight is 234 g/mol. The second-order valence-corrected chi connectivity index (χ2v) is 3.22. The van der Waals surface area contributed by atoms with Crippen LogP contribution >= 0.6 is 12.4 Å². The molecule has 1 aliphatic rings. The highest BCUT2D eigenvalue weighted by Crippen LogP contribution is 2.03. The maximum atomic E-state index is 12.5. The van der Waals surface area contributed by atoms with E-state index in [9.17, 15) is 4.39 Å². The number of ether oxygens (including phenoxy) is 1. The molecule has 2 rings (SSSR count). The Balaban J connectivity index is 0.00000112. The van der Waals surface area contributed by atoms with E-state index in [4.69, 9.17) is 4.74 Å².